The van der Waals surface area contributed by atoms with Crippen molar-refractivity contribution in [1.82, 2.24) is 10.2 Å². The molecule has 4 nitrogen and oxygen atoms in total. The number of carbonyl (C=O) groups excluding carboxylic acids is 1. The van der Waals surface area contributed by atoms with Gasteiger partial charge in [-0.15, -0.1) is 23.2 Å². The molecule has 1 aromatic heterocycles. The normalized spacial score (nSPS) is 29.6. The molecule has 8 heteroatoms. The fraction of sp³-hybridized carbons (Fsp3) is 0.444. The number of halogens is 4. The van der Waals surface area contributed by atoms with Gasteiger partial charge in [-0.1, -0.05) is 12.1 Å². The Balaban J connectivity index is 1.59. The van der Waals surface area contributed by atoms with Gasteiger partial charge in [0.2, 0.25) is 0 Å². The predicted molar refractivity (Wildman–Crippen MR) is 94.3 cm³/mol. The highest BCUT2D eigenvalue weighted by molar-refractivity contribution is 6.53. The second kappa shape index (κ2) is 4.98. The molecule has 1 aromatic carbocycles. The van der Waals surface area contributed by atoms with Crippen molar-refractivity contribution in [3.05, 3.63) is 46.8 Å². The molecule has 5 rings (SSSR count). The van der Waals surface area contributed by atoms with E-state index in [4.69, 9.17) is 23.2 Å². The standard InChI is InChI=1S/C18H15Cl2F2N3O/c1-25(16(26)10-7-23-24-13(10)15(21)22)11-4-2-3-8-9-5-6-17(12(8)11)14(9)18(17,19)20/h2-4,7,9,14-15H,5-6H2,1H3,(H,23,24)/t9-,14?,17+/m1/s1. The minimum atomic E-state index is -2.80. The highest BCUT2D eigenvalue weighted by Crippen LogP contribution is 2.85. The molecule has 1 amide bonds. The van der Waals surface area contributed by atoms with Crippen LogP contribution >= 0.6 is 23.2 Å². The number of H-pyrrole nitrogens is 1. The first kappa shape index (κ1) is 16.5. The number of aromatic nitrogens is 2. The zero-order chi connectivity index (χ0) is 18.4. The van der Waals surface area contributed by atoms with Crippen LogP contribution in [-0.4, -0.2) is 27.5 Å². The third-order valence-electron chi connectivity index (χ3n) is 6.39. The van der Waals surface area contributed by atoms with Crippen LogP contribution in [0.15, 0.2) is 24.4 Å². The van der Waals surface area contributed by atoms with Crippen LogP contribution in [0.4, 0.5) is 14.5 Å². The van der Waals surface area contributed by atoms with Crippen molar-refractivity contribution in [2.75, 3.05) is 11.9 Å². The SMILES string of the molecule is CN(C(=O)c1cn[nH]c1C(F)F)c1cccc2c1[C@@]13CC[C@H]2C1C3(Cl)Cl. The molecular weight excluding hydrogens is 383 g/mol. The van der Waals surface area contributed by atoms with Gasteiger partial charge in [-0.2, -0.15) is 5.10 Å². The van der Waals surface area contributed by atoms with E-state index in [1.807, 2.05) is 12.1 Å². The molecule has 3 atom stereocenters. The number of benzene rings is 1. The van der Waals surface area contributed by atoms with Crippen molar-refractivity contribution >= 4 is 34.8 Å². The van der Waals surface area contributed by atoms with Crippen LogP contribution < -0.4 is 4.90 Å². The van der Waals surface area contributed by atoms with Crippen LogP contribution in [0, 0.1) is 5.92 Å². The van der Waals surface area contributed by atoms with Crippen molar-refractivity contribution < 1.29 is 13.6 Å². The summed E-state index contributed by atoms with van der Waals surface area (Å²) in [6.45, 7) is 0. The van der Waals surface area contributed by atoms with Gasteiger partial charge in [0.25, 0.3) is 12.3 Å². The molecular formula is C18H15Cl2F2N3O. The summed E-state index contributed by atoms with van der Waals surface area (Å²) in [6.07, 6.45) is 0.264. The molecule has 0 radical (unpaired) electrons. The largest absolute Gasteiger partial charge is 0.311 e. The molecule has 1 N–H and O–H groups in total. The lowest BCUT2D eigenvalue weighted by Gasteiger charge is -2.31. The molecule has 26 heavy (non-hydrogen) atoms. The van der Waals surface area contributed by atoms with E-state index >= 15 is 0 Å². The Kier molecular flexibility index (Phi) is 3.17. The van der Waals surface area contributed by atoms with Crippen molar-refractivity contribution in [2.24, 2.45) is 5.92 Å². The van der Waals surface area contributed by atoms with E-state index in [1.165, 1.54) is 10.5 Å². The van der Waals surface area contributed by atoms with Gasteiger partial charge in [0.15, 0.2) is 0 Å². The number of nitrogens with zero attached hydrogens (tertiary/aromatic N) is 2. The second-order valence-electron chi connectivity index (χ2n) is 7.32. The minimum Gasteiger partial charge on any atom is -0.311 e. The molecule has 0 spiro atoms. The van der Waals surface area contributed by atoms with E-state index in [2.05, 4.69) is 16.3 Å². The van der Waals surface area contributed by atoms with E-state index in [1.54, 1.807) is 7.05 Å². The summed E-state index contributed by atoms with van der Waals surface area (Å²) in [6, 6.07) is 5.77. The summed E-state index contributed by atoms with van der Waals surface area (Å²) < 4.78 is 25.4. The molecule has 2 aromatic rings. The molecule has 1 unspecified atom stereocenters. The number of nitrogens with one attached hydrogen (secondary N) is 1. The van der Waals surface area contributed by atoms with Crippen LogP contribution in [0.5, 0.6) is 0 Å². The van der Waals surface area contributed by atoms with Crippen LogP contribution in [0.1, 0.15) is 52.4 Å². The summed E-state index contributed by atoms with van der Waals surface area (Å²) in [5, 5.41) is 5.81. The van der Waals surface area contributed by atoms with E-state index in [9.17, 15) is 13.6 Å². The Bertz CT molecular complexity index is 944. The zero-order valence-corrected chi connectivity index (χ0v) is 15.3. The van der Waals surface area contributed by atoms with Gasteiger partial charge < -0.3 is 4.90 Å². The molecule has 1 heterocycles. The quantitative estimate of drug-likeness (QED) is 0.771. The monoisotopic (exact) mass is 397 g/mol. The summed E-state index contributed by atoms with van der Waals surface area (Å²) >= 11 is 13.2. The summed E-state index contributed by atoms with van der Waals surface area (Å²) in [5.41, 5.74) is 1.94. The minimum absolute atomic E-state index is 0.129. The first-order valence-corrected chi connectivity index (χ1v) is 9.18. The number of anilines is 1. The maximum Gasteiger partial charge on any atom is 0.280 e. The van der Waals surface area contributed by atoms with Gasteiger partial charge in [0.1, 0.15) is 10.0 Å². The van der Waals surface area contributed by atoms with Crippen LogP contribution in [0.3, 0.4) is 0 Å². The molecule has 3 aliphatic rings. The van der Waals surface area contributed by atoms with Crippen molar-refractivity contribution in [3.63, 3.8) is 0 Å². The summed E-state index contributed by atoms with van der Waals surface area (Å²) in [7, 11) is 1.59. The smallest absolute Gasteiger partial charge is 0.280 e. The van der Waals surface area contributed by atoms with Crippen LogP contribution in [-0.2, 0) is 5.41 Å². The Hall–Kier alpha value is -1.66. The first-order valence-electron chi connectivity index (χ1n) is 8.43. The molecule has 2 bridgehead atoms. The van der Waals surface area contributed by atoms with Crippen LogP contribution in [0.25, 0.3) is 0 Å². The molecule has 3 aliphatic carbocycles. The average Bonchev–Trinajstić information content (AvgIpc) is 3.14. The Morgan fingerprint density at radius 3 is 2.88 bits per heavy atom. The number of carbonyl (C=O) groups is 1. The highest BCUT2D eigenvalue weighted by Gasteiger charge is 2.85. The van der Waals surface area contributed by atoms with Crippen molar-refractivity contribution in [1.29, 1.82) is 0 Å². The maximum atomic E-state index is 13.1. The fourth-order valence-electron chi connectivity index (χ4n) is 5.29. The number of alkyl halides is 4. The van der Waals surface area contributed by atoms with Crippen molar-refractivity contribution in [2.45, 2.75) is 34.9 Å². The number of hydrogen-bond acceptors (Lipinski definition) is 2. The number of amides is 1. The lowest BCUT2D eigenvalue weighted by Crippen LogP contribution is -2.31. The Morgan fingerprint density at radius 2 is 2.19 bits per heavy atom. The summed E-state index contributed by atoms with van der Waals surface area (Å²) in [4.78, 5) is 14.3. The van der Waals surface area contributed by atoms with E-state index < -0.39 is 22.4 Å². The van der Waals surface area contributed by atoms with Gasteiger partial charge in [-0.05, 0) is 36.0 Å². The lowest BCUT2D eigenvalue weighted by atomic mass is 9.82. The van der Waals surface area contributed by atoms with E-state index in [0.29, 0.717) is 11.6 Å². The Morgan fingerprint density at radius 1 is 1.42 bits per heavy atom. The molecule has 2 saturated carbocycles. The Labute approximate surface area is 158 Å². The number of rotatable bonds is 3. The number of fused-ring (bicyclic) bond motifs is 2. The predicted octanol–water partition coefficient (Wildman–Crippen LogP) is 4.56. The van der Waals surface area contributed by atoms with Gasteiger partial charge in [0.05, 0.1) is 11.8 Å². The summed E-state index contributed by atoms with van der Waals surface area (Å²) in [5.74, 6) is -0.0638. The molecule has 0 saturated heterocycles. The second-order valence-corrected chi connectivity index (χ2v) is 8.71. The molecule has 0 aliphatic heterocycles. The maximum absolute atomic E-state index is 13.1. The van der Waals surface area contributed by atoms with Crippen molar-refractivity contribution in [3.8, 4) is 0 Å². The average molecular weight is 398 g/mol. The fourth-order valence-corrected chi connectivity index (χ4v) is 6.47. The first-order chi connectivity index (χ1) is 12.3. The van der Waals surface area contributed by atoms with Crippen LogP contribution in [0.2, 0.25) is 0 Å². The topological polar surface area (TPSA) is 49.0 Å². The molecule has 2 fully saturated rings. The third-order valence-corrected chi connectivity index (χ3v) is 7.53. The lowest BCUT2D eigenvalue weighted by molar-refractivity contribution is 0.0977. The van der Waals surface area contributed by atoms with Gasteiger partial charge >= 0.3 is 0 Å². The third kappa shape index (κ3) is 1.70. The van der Waals surface area contributed by atoms with E-state index in [-0.39, 0.29) is 16.9 Å². The van der Waals surface area contributed by atoms with Gasteiger partial charge in [-0.25, -0.2) is 8.78 Å². The molecule has 136 valence electrons. The van der Waals surface area contributed by atoms with Gasteiger partial charge in [0, 0.05) is 24.1 Å². The number of hydrogen-bond donors (Lipinski definition) is 1. The zero-order valence-electron chi connectivity index (χ0n) is 13.8. The number of aromatic amines is 1. The van der Waals surface area contributed by atoms with Gasteiger partial charge in [-0.3, -0.25) is 9.89 Å². The van der Waals surface area contributed by atoms with E-state index in [0.717, 1.165) is 24.6 Å². The highest BCUT2D eigenvalue weighted by atomic mass is 35.5.